The van der Waals surface area contributed by atoms with Crippen LogP contribution in [0.25, 0.3) is 0 Å². The molecule has 2 nitrogen and oxygen atoms in total. The standard InChI is InChI=1S/C16H26O2Si/c1-17-19(18-2)16(15-10-6-7-11-15)13-12-14-8-4-3-5-9-14/h3-5,8-9,15-16,19H,6-7,10-13H2,1-2H3. The molecule has 0 radical (unpaired) electrons. The minimum Gasteiger partial charge on any atom is -0.400 e. The van der Waals surface area contributed by atoms with Gasteiger partial charge < -0.3 is 8.85 Å². The molecule has 1 aromatic carbocycles. The molecular formula is C16H26O2Si. The number of benzene rings is 1. The van der Waals surface area contributed by atoms with E-state index in [0.29, 0.717) is 5.54 Å². The fourth-order valence-electron chi connectivity index (χ4n) is 3.40. The molecule has 0 N–H and O–H groups in total. The van der Waals surface area contributed by atoms with E-state index in [1.807, 2.05) is 14.2 Å². The van der Waals surface area contributed by atoms with Crippen LogP contribution in [0.4, 0.5) is 0 Å². The van der Waals surface area contributed by atoms with Gasteiger partial charge in [0, 0.05) is 19.8 Å². The molecule has 0 aromatic heterocycles. The lowest BCUT2D eigenvalue weighted by molar-refractivity contribution is 0.245. The zero-order chi connectivity index (χ0) is 13.5. The Kier molecular flexibility index (Phi) is 6.08. The van der Waals surface area contributed by atoms with Gasteiger partial charge >= 0.3 is 9.28 Å². The van der Waals surface area contributed by atoms with Crippen molar-refractivity contribution < 1.29 is 8.85 Å². The van der Waals surface area contributed by atoms with Crippen LogP contribution in [0.1, 0.15) is 37.7 Å². The van der Waals surface area contributed by atoms with Gasteiger partial charge in [0.05, 0.1) is 0 Å². The summed E-state index contributed by atoms with van der Waals surface area (Å²) in [5, 5.41) is 0. The zero-order valence-electron chi connectivity index (χ0n) is 12.2. The van der Waals surface area contributed by atoms with Gasteiger partial charge in [0.1, 0.15) is 0 Å². The van der Waals surface area contributed by atoms with Crippen LogP contribution in [-0.4, -0.2) is 23.5 Å². The van der Waals surface area contributed by atoms with Crippen LogP contribution in [0.15, 0.2) is 30.3 Å². The highest BCUT2D eigenvalue weighted by Gasteiger charge is 2.33. The fraction of sp³-hybridized carbons (Fsp3) is 0.625. The van der Waals surface area contributed by atoms with Gasteiger partial charge in [-0.05, 0) is 24.3 Å². The molecule has 19 heavy (non-hydrogen) atoms. The van der Waals surface area contributed by atoms with Crippen molar-refractivity contribution in [2.75, 3.05) is 14.2 Å². The minimum absolute atomic E-state index is 0.665. The van der Waals surface area contributed by atoms with Gasteiger partial charge in [0.25, 0.3) is 0 Å². The van der Waals surface area contributed by atoms with Gasteiger partial charge in [-0.3, -0.25) is 0 Å². The van der Waals surface area contributed by atoms with E-state index in [2.05, 4.69) is 30.3 Å². The van der Waals surface area contributed by atoms with Crippen molar-refractivity contribution in [3.63, 3.8) is 0 Å². The molecule has 0 spiro atoms. The Labute approximate surface area is 119 Å². The van der Waals surface area contributed by atoms with E-state index in [4.69, 9.17) is 8.85 Å². The highest BCUT2D eigenvalue weighted by Crippen LogP contribution is 2.39. The number of hydrogen-bond acceptors (Lipinski definition) is 2. The lowest BCUT2D eigenvalue weighted by Crippen LogP contribution is -2.31. The summed E-state index contributed by atoms with van der Waals surface area (Å²) in [6.45, 7) is 0. The molecule has 1 aliphatic carbocycles. The molecule has 0 saturated heterocycles. The Bertz CT molecular complexity index is 343. The first kappa shape index (κ1) is 14.8. The Balaban J connectivity index is 1.96. The van der Waals surface area contributed by atoms with Crippen LogP contribution in [0, 0.1) is 5.92 Å². The van der Waals surface area contributed by atoms with Crippen molar-refractivity contribution in [1.82, 2.24) is 0 Å². The van der Waals surface area contributed by atoms with Crippen LogP contribution in [0.2, 0.25) is 5.54 Å². The smallest absolute Gasteiger partial charge is 0.324 e. The lowest BCUT2D eigenvalue weighted by atomic mass is 9.97. The first-order chi connectivity index (χ1) is 9.35. The topological polar surface area (TPSA) is 18.5 Å². The summed E-state index contributed by atoms with van der Waals surface area (Å²) in [6, 6.07) is 10.8. The molecule has 1 aromatic rings. The molecule has 2 rings (SSSR count). The van der Waals surface area contributed by atoms with Gasteiger partial charge in [-0.1, -0.05) is 56.0 Å². The molecular weight excluding hydrogens is 252 g/mol. The number of hydrogen-bond donors (Lipinski definition) is 0. The normalized spacial score (nSPS) is 18.1. The third kappa shape index (κ3) is 4.16. The largest absolute Gasteiger partial charge is 0.400 e. The molecule has 0 amide bonds. The van der Waals surface area contributed by atoms with E-state index in [-0.39, 0.29) is 0 Å². The summed E-state index contributed by atoms with van der Waals surface area (Å²) in [7, 11) is 2.15. The van der Waals surface area contributed by atoms with Crippen molar-refractivity contribution in [2.24, 2.45) is 5.92 Å². The zero-order valence-corrected chi connectivity index (χ0v) is 13.3. The molecule has 0 aliphatic heterocycles. The molecule has 1 saturated carbocycles. The van der Waals surface area contributed by atoms with E-state index in [1.54, 1.807) is 0 Å². The molecule has 3 heteroatoms. The van der Waals surface area contributed by atoms with Crippen LogP contribution in [0.5, 0.6) is 0 Å². The monoisotopic (exact) mass is 278 g/mol. The summed E-state index contributed by atoms with van der Waals surface area (Å²) in [4.78, 5) is 0. The van der Waals surface area contributed by atoms with E-state index >= 15 is 0 Å². The highest BCUT2D eigenvalue weighted by molar-refractivity contribution is 6.46. The maximum Gasteiger partial charge on any atom is 0.324 e. The van der Waals surface area contributed by atoms with Crippen LogP contribution < -0.4 is 0 Å². The van der Waals surface area contributed by atoms with Gasteiger partial charge in [0.2, 0.25) is 0 Å². The summed E-state index contributed by atoms with van der Waals surface area (Å²) in [5.74, 6) is 0.834. The molecule has 106 valence electrons. The van der Waals surface area contributed by atoms with Gasteiger partial charge in [-0.15, -0.1) is 0 Å². The third-order valence-corrected chi connectivity index (χ3v) is 6.93. The summed E-state index contributed by atoms with van der Waals surface area (Å²) < 4.78 is 11.4. The Morgan fingerprint density at radius 2 is 1.74 bits per heavy atom. The molecule has 1 aliphatic rings. The van der Waals surface area contributed by atoms with E-state index < -0.39 is 9.28 Å². The number of rotatable bonds is 7. The second-order valence-corrected chi connectivity index (χ2v) is 8.11. The second kappa shape index (κ2) is 7.83. The average Bonchev–Trinajstić information content (AvgIpc) is 2.98. The van der Waals surface area contributed by atoms with Crippen LogP contribution >= 0.6 is 0 Å². The molecule has 0 heterocycles. The Hall–Kier alpha value is -0.643. The van der Waals surface area contributed by atoms with E-state index in [9.17, 15) is 0 Å². The number of aryl methyl sites for hydroxylation is 1. The van der Waals surface area contributed by atoms with Crippen molar-refractivity contribution in [3.8, 4) is 0 Å². The third-order valence-electron chi connectivity index (χ3n) is 4.43. The second-order valence-electron chi connectivity index (χ2n) is 5.57. The lowest BCUT2D eigenvalue weighted by Gasteiger charge is -2.28. The maximum atomic E-state index is 5.68. The van der Waals surface area contributed by atoms with Gasteiger partial charge in [0.15, 0.2) is 0 Å². The minimum atomic E-state index is -1.50. The Morgan fingerprint density at radius 1 is 1.11 bits per heavy atom. The average molecular weight is 278 g/mol. The predicted octanol–water partition coefficient (Wildman–Crippen LogP) is 3.69. The first-order valence-corrected chi connectivity index (χ1v) is 9.05. The Morgan fingerprint density at radius 3 is 2.32 bits per heavy atom. The predicted molar refractivity (Wildman–Crippen MR) is 81.6 cm³/mol. The molecule has 1 unspecified atom stereocenters. The summed E-state index contributed by atoms with van der Waals surface area (Å²) >= 11 is 0. The fourth-order valence-corrected chi connectivity index (χ4v) is 5.56. The maximum absolute atomic E-state index is 5.68. The summed E-state index contributed by atoms with van der Waals surface area (Å²) in [5.41, 5.74) is 2.10. The van der Waals surface area contributed by atoms with Crippen LogP contribution in [0.3, 0.4) is 0 Å². The van der Waals surface area contributed by atoms with E-state index in [0.717, 1.165) is 12.3 Å². The van der Waals surface area contributed by atoms with Crippen molar-refractivity contribution in [1.29, 1.82) is 0 Å². The van der Waals surface area contributed by atoms with Gasteiger partial charge in [-0.25, -0.2) is 0 Å². The van der Waals surface area contributed by atoms with Crippen LogP contribution in [-0.2, 0) is 15.3 Å². The molecule has 0 bridgehead atoms. The van der Waals surface area contributed by atoms with Crippen molar-refractivity contribution in [3.05, 3.63) is 35.9 Å². The van der Waals surface area contributed by atoms with Crippen molar-refractivity contribution in [2.45, 2.75) is 44.1 Å². The molecule has 1 atom stereocenters. The van der Waals surface area contributed by atoms with Gasteiger partial charge in [-0.2, -0.15) is 0 Å². The first-order valence-electron chi connectivity index (χ1n) is 7.44. The SMILES string of the molecule is CO[SiH](OC)C(CCc1ccccc1)C1CCCC1. The highest BCUT2D eigenvalue weighted by atomic mass is 28.3. The quantitative estimate of drug-likeness (QED) is 0.708. The van der Waals surface area contributed by atoms with Crippen molar-refractivity contribution >= 4 is 9.28 Å². The molecule has 1 fully saturated rings. The summed E-state index contributed by atoms with van der Waals surface area (Å²) in [6.07, 6.45) is 7.89. The van der Waals surface area contributed by atoms with E-state index in [1.165, 1.54) is 37.7 Å².